The van der Waals surface area contributed by atoms with Crippen molar-refractivity contribution in [2.45, 2.75) is 36.6 Å². The summed E-state index contributed by atoms with van der Waals surface area (Å²) in [5, 5.41) is 3.32. The standard InChI is InChI=1S/C19H21ClN2O3S/c20-15-9-11-18(12-10-15)26(24,25)22-13-5-4-8-17(22)14-19(23)21-16-6-2-1-3-7-16/h1-3,6-7,9-12,17H,4-5,8,13-14H2,(H,21,23)/t17-/m1/s1. The molecule has 0 aromatic heterocycles. The van der Waals surface area contributed by atoms with Gasteiger partial charge in [-0.05, 0) is 49.2 Å². The largest absolute Gasteiger partial charge is 0.326 e. The minimum absolute atomic E-state index is 0.141. The smallest absolute Gasteiger partial charge is 0.243 e. The molecule has 1 N–H and O–H groups in total. The Bertz CT molecular complexity index is 854. The van der Waals surface area contributed by atoms with E-state index in [2.05, 4.69) is 5.32 Å². The molecule has 3 rings (SSSR count). The Morgan fingerprint density at radius 2 is 1.77 bits per heavy atom. The Labute approximate surface area is 159 Å². The number of carbonyl (C=O) groups excluding carboxylic acids is 1. The van der Waals surface area contributed by atoms with Crippen LogP contribution in [0.25, 0.3) is 0 Å². The number of piperidine rings is 1. The fourth-order valence-electron chi connectivity index (χ4n) is 3.18. The van der Waals surface area contributed by atoms with Gasteiger partial charge in [-0.3, -0.25) is 4.79 Å². The first-order valence-electron chi connectivity index (χ1n) is 8.59. The van der Waals surface area contributed by atoms with Crippen molar-refractivity contribution in [2.24, 2.45) is 0 Å². The van der Waals surface area contributed by atoms with E-state index in [0.29, 0.717) is 23.7 Å². The molecule has 0 unspecified atom stereocenters. The lowest BCUT2D eigenvalue weighted by atomic mass is 10.0. The maximum atomic E-state index is 13.0. The first kappa shape index (κ1) is 18.9. The van der Waals surface area contributed by atoms with Crippen LogP contribution in [0.5, 0.6) is 0 Å². The molecule has 0 spiro atoms. The highest BCUT2D eigenvalue weighted by molar-refractivity contribution is 7.89. The van der Waals surface area contributed by atoms with E-state index < -0.39 is 10.0 Å². The van der Waals surface area contributed by atoms with Crippen molar-refractivity contribution in [1.82, 2.24) is 4.31 Å². The van der Waals surface area contributed by atoms with Crippen molar-refractivity contribution in [3.63, 3.8) is 0 Å². The first-order chi connectivity index (χ1) is 12.5. The van der Waals surface area contributed by atoms with Crippen LogP contribution in [0.15, 0.2) is 59.5 Å². The zero-order chi connectivity index (χ0) is 18.6. The zero-order valence-electron chi connectivity index (χ0n) is 14.3. The van der Waals surface area contributed by atoms with Crippen molar-refractivity contribution < 1.29 is 13.2 Å². The third-order valence-corrected chi connectivity index (χ3v) is 6.69. The Hall–Kier alpha value is -1.89. The van der Waals surface area contributed by atoms with E-state index in [-0.39, 0.29) is 23.3 Å². The summed E-state index contributed by atoms with van der Waals surface area (Å²) in [6.07, 6.45) is 2.52. The lowest BCUT2D eigenvalue weighted by Crippen LogP contribution is -2.45. The van der Waals surface area contributed by atoms with Crippen molar-refractivity contribution in [1.29, 1.82) is 0 Å². The minimum Gasteiger partial charge on any atom is -0.326 e. The summed E-state index contributed by atoms with van der Waals surface area (Å²) in [6, 6.07) is 15.0. The second kappa shape index (κ2) is 8.20. The van der Waals surface area contributed by atoms with Gasteiger partial charge in [-0.25, -0.2) is 8.42 Å². The number of nitrogens with one attached hydrogen (secondary N) is 1. The second-order valence-corrected chi connectivity index (χ2v) is 8.66. The third-order valence-electron chi connectivity index (χ3n) is 4.47. The summed E-state index contributed by atoms with van der Waals surface area (Å²) >= 11 is 5.86. The Morgan fingerprint density at radius 1 is 1.08 bits per heavy atom. The summed E-state index contributed by atoms with van der Waals surface area (Å²) in [6.45, 7) is 0.425. The van der Waals surface area contributed by atoms with Gasteiger partial charge < -0.3 is 5.32 Å². The number of nitrogens with zero attached hydrogens (tertiary/aromatic N) is 1. The molecular formula is C19H21ClN2O3S. The average molecular weight is 393 g/mol. The number of amides is 1. The van der Waals surface area contributed by atoms with E-state index in [4.69, 9.17) is 11.6 Å². The van der Waals surface area contributed by atoms with E-state index in [9.17, 15) is 13.2 Å². The van der Waals surface area contributed by atoms with Gasteiger partial charge in [-0.2, -0.15) is 4.31 Å². The molecule has 0 saturated carbocycles. The van der Waals surface area contributed by atoms with Gasteiger partial charge in [-0.15, -0.1) is 0 Å². The van der Waals surface area contributed by atoms with Crippen LogP contribution in [0.4, 0.5) is 5.69 Å². The summed E-state index contributed by atoms with van der Waals surface area (Å²) < 4.78 is 27.5. The van der Waals surface area contributed by atoms with E-state index in [0.717, 1.165) is 12.8 Å². The molecule has 1 aliphatic heterocycles. The predicted octanol–water partition coefficient (Wildman–Crippen LogP) is 3.91. The quantitative estimate of drug-likeness (QED) is 0.838. The van der Waals surface area contributed by atoms with Crippen LogP contribution in [0.2, 0.25) is 5.02 Å². The van der Waals surface area contributed by atoms with Gasteiger partial charge in [0.2, 0.25) is 15.9 Å². The summed E-state index contributed by atoms with van der Waals surface area (Å²) in [4.78, 5) is 12.6. The fourth-order valence-corrected chi connectivity index (χ4v) is 5.00. The number of halogens is 1. The number of para-hydroxylation sites is 1. The SMILES string of the molecule is O=C(C[C@H]1CCCCN1S(=O)(=O)c1ccc(Cl)cc1)Nc1ccccc1. The molecule has 1 fully saturated rings. The molecule has 2 aromatic rings. The van der Waals surface area contributed by atoms with Crippen LogP contribution in [-0.2, 0) is 14.8 Å². The molecule has 26 heavy (non-hydrogen) atoms. The van der Waals surface area contributed by atoms with Gasteiger partial charge in [0, 0.05) is 29.7 Å². The minimum atomic E-state index is -3.65. The average Bonchev–Trinajstić information content (AvgIpc) is 2.63. The molecule has 1 amide bonds. The highest BCUT2D eigenvalue weighted by atomic mass is 35.5. The normalized spacial score (nSPS) is 18.4. The van der Waals surface area contributed by atoms with E-state index in [1.165, 1.54) is 16.4 Å². The van der Waals surface area contributed by atoms with Crippen LogP contribution in [0, 0.1) is 0 Å². The molecule has 0 aliphatic carbocycles. The van der Waals surface area contributed by atoms with E-state index in [1.807, 2.05) is 18.2 Å². The third kappa shape index (κ3) is 4.44. The molecule has 7 heteroatoms. The van der Waals surface area contributed by atoms with Gasteiger partial charge in [0.1, 0.15) is 0 Å². The van der Waals surface area contributed by atoms with Gasteiger partial charge in [0.25, 0.3) is 0 Å². The lowest BCUT2D eigenvalue weighted by Gasteiger charge is -2.34. The van der Waals surface area contributed by atoms with Gasteiger partial charge in [0.15, 0.2) is 0 Å². The second-order valence-electron chi connectivity index (χ2n) is 6.34. The van der Waals surface area contributed by atoms with Crippen LogP contribution in [-0.4, -0.2) is 31.2 Å². The molecule has 0 radical (unpaired) electrons. The maximum Gasteiger partial charge on any atom is 0.243 e. The molecule has 2 aromatic carbocycles. The fraction of sp³-hybridized carbons (Fsp3) is 0.316. The van der Waals surface area contributed by atoms with E-state index >= 15 is 0 Å². The van der Waals surface area contributed by atoms with Crippen LogP contribution in [0.3, 0.4) is 0 Å². The molecule has 138 valence electrons. The van der Waals surface area contributed by atoms with Gasteiger partial charge in [0.05, 0.1) is 4.90 Å². The number of anilines is 1. The van der Waals surface area contributed by atoms with Crippen molar-refractivity contribution in [3.8, 4) is 0 Å². The lowest BCUT2D eigenvalue weighted by molar-refractivity contribution is -0.117. The van der Waals surface area contributed by atoms with Crippen LogP contribution >= 0.6 is 11.6 Å². The highest BCUT2D eigenvalue weighted by Gasteiger charge is 2.34. The Morgan fingerprint density at radius 3 is 2.46 bits per heavy atom. The molecule has 1 aliphatic rings. The van der Waals surface area contributed by atoms with Crippen molar-refractivity contribution in [2.75, 3.05) is 11.9 Å². The topological polar surface area (TPSA) is 66.5 Å². The monoisotopic (exact) mass is 392 g/mol. The molecule has 1 atom stereocenters. The molecule has 1 heterocycles. The summed E-state index contributed by atoms with van der Waals surface area (Å²) in [7, 11) is -3.65. The van der Waals surface area contributed by atoms with Crippen LogP contribution in [0.1, 0.15) is 25.7 Å². The van der Waals surface area contributed by atoms with Crippen molar-refractivity contribution >= 4 is 33.2 Å². The van der Waals surface area contributed by atoms with Crippen molar-refractivity contribution in [3.05, 3.63) is 59.6 Å². The molecule has 5 nitrogen and oxygen atoms in total. The van der Waals surface area contributed by atoms with E-state index in [1.54, 1.807) is 24.3 Å². The number of sulfonamides is 1. The summed E-state index contributed by atoms with van der Waals surface area (Å²) in [5.41, 5.74) is 0.709. The highest BCUT2D eigenvalue weighted by Crippen LogP contribution is 2.28. The predicted molar refractivity (Wildman–Crippen MR) is 103 cm³/mol. The van der Waals surface area contributed by atoms with Gasteiger partial charge in [-0.1, -0.05) is 36.2 Å². The molecule has 0 bridgehead atoms. The first-order valence-corrected chi connectivity index (χ1v) is 10.4. The molecular weight excluding hydrogens is 372 g/mol. The number of hydrogen-bond donors (Lipinski definition) is 1. The molecule has 1 saturated heterocycles. The Kier molecular flexibility index (Phi) is 5.96. The van der Waals surface area contributed by atoms with Crippen LogP contribution < -0.4 is 5.32 Å². The summed E-state index contributed by atoms with van der Waals surface area (Å²) in [5.74, 6) is -0.181. The number of rotatable bonds is 5. The maximum absolute atomic E-state index is 13.0. The number of benzene rings is 2. The zero-order valence-corrected chi connectivity index (χ0v) is 15.8. The number of hydrogen-bond acceptors (Lipinski definition) is 3. The Balaban J connectivity index is 1.75. The van der Waals surface area contributed by atoms with Gasteiger partial charge >= 0.3 is 0 Å². The number of carbonyl (C=O) groups is 1.